The number of carbonyl (C=O) groups is 2. The Bertz CT molecular complexity index is 1420. The minimum absolute atomic E-state index is 0.0566. The van der Waals surface area contributed by atoms with Gasteiger partial charge in [-0.25, -0.2) is 18.4 Å². The molecule has 2 fully saturated rings. The quantitative estimate of drug-likeness (QED) is 0.278. The van der Waals surface area contributed by atoms with E-state index in [1.807, 2.05) is 0 Å². The van der Waals surface area contributed by atoms with Gasteiger partial charge in [-0.2, -0.15) is 13.2 Å². The largest absolute Gasteiger partial charge is 0.392 e. The van der Waals surface area contributed by atoms with Crippen LogP contribution in [0.25, 0.3) is 11.0 Å². The standard InChI is InChI=1S/C27H31F5N6O3/c1-13(27(30,31)32)10-20(39)35-22(15-5-6-15)16-7-8-18-19(11-16)34-24(33-18)23(17-4-3-9-26(28,29)12-17)36-25(40)21-14(2)37-41-38-21/h7-8,11,13,15,17,22-23H,3-6,9-10,12H2,1-2H3,(H,33,34)(H,35,39)(H,36,40)/t13-,17-,22-,23+/m1/s1. The zero-order valence-electron chi connectivity index (χ0n) is 22.5. The molecule has 2 heterocycles. The number of aryl methyl sites for hydroxylation is 1. The van der Waals surface area contributed by atoms with Gasteiger partial charge in [0.15, 0.2) is 5.69 Å². The molecule has 222 valence electrons. The van der Waals surface area contributed by atoms with Crippen LogP contribution >= 0.6 is 0 Å². The number of nitrogens with one attached hydrogen (secondary N) is 3. The first kappa shape index (κ1) is 28.9. The van der Waals surface area contributed by atoms with Crippen LogP contribution in [-0.2, 0) is 4.79 Å². The number of amides is 2. The molecule has 3 N–H and O–H groups in total. The Morgan fingerprint density at radius 3 is 2.51 bits per heavy atom. The Hall–Kier alpha value is -3.58. The van der Waals surface area contributed by atoms with Crippen molar-refractivity contribution in [2.45, 2.75) is 83.0 Å². The van der Waals surface area contributed by atoms with Crippen molar-refractivity contribution in [1.29, 1.82) is 0 Å². The molecule has 2 aromatic heterocycles. The maximum absolute atomic E-state index is 14.4. The molecular weight excluding hydrogens is 551 g/mol. The van der Waals surface area contributed by atoms with Crippen molar-refractivity contribution in [2.24, 2.45) is 17.8 Å². The molecule has 0 saturated heterocycles. The first-order chi connectivity index (χ1) is 19.3. The molecule has 2 saturated carbocycles. The summed E-state index contributed by atoms with van der Waals surface area (Å²) in [5.74, 6) is -6.20. The highest BCUT2D eigenvalue weighted by Gasteiger charge is 2.42. The molecule has 0 radical (unpaired) electrons. The number of aromatic amines is 1. The van der Waals surface area contributed by atoms with E-state index in [-0.39, 0.29) is 36.0 Å². The van der Waals surface area contributed by atoms with Crippen LogP contribution in [-0.4, -0.2) is 44.2 Å². The van der Waals surface area contributed by atoms with Crippen molar-refractivity contribution >= 4 is 22.8 Å². The smallest absolute Gasteiger partial charge is 0.349 e. The molecule has 1 aromatic carbocycles. The Balaban J connectivity index is 1.41. The predicted molar refractivity (Wildman–Crippen MR) is 136 cm³/mol. The number of carbonyl (C=O) groups excluding carboxylic acids is 2. The van der Waals surface area contributed by atoms with Gasteiger partial charge in [0, 0.05) is 19.3 Å². The van der Waals surface area contributed by atoms with Crippen molar-refractivity contribution in [2.75, 3.05) is 0 Å². The molecule has 4 atom stereocenters. The minimum atomic E-state index is -4.46. The maximum Gasteiger partial charge on any atom is 0.392 e. The lowest BCUT2D eigenvalue weighted by Crippen LogP contribution is -2.39. The lowest BCUT2D eigenvalue weighted by atomic mass is 9.81. The Morgan fingerprint density at radius 2 is 1.88 bits per heavy atom. The lowest BCUT2D eigenvalue weighted by Gasteiger charge is -2.33. The second-order valence-electron chi connectivity index (χ2n) is 11.3. The average molecular weight is 583 g/mol. The van der Waals surface area contributed by atoms with E-state index in [0.29, 0.717) is 23.0 Å². The van der Waals surface area contributed by atoms with Crippen molar-refractivity contribution in [3.05, 3.63) is 41.0 Å². The summed E-state index contributed by atoms with van der Waals surface area (Å²) >= 11 is 0. The summed E-state index contributed by atoms with van der Waals surface area (Å²) in [7, 11) is 0. The van der Waals surface area contributed by atoms with Crippen LogP contribution < -0.4 is 10.6 Å². The maximum atomic E-state index is 14.4. The van der Waals surface area contributed by atoms with Gasteiger partial charge in [-0.3, -0.25) is 9.59 Å². The van der Waals surface area contributed by atoms with Gasteiger partial charge in [-0.1, -0.05) is 18.1 Å². The van der Waals surface area contributed by atoms with Gasteiger partial charge in [0.2, 0.25) is 11.8 Å². The van der Waals surface area contributed by atoms with E-state index in [0.717, 1.165) is 19.8 Å². The van der Waals surface area contributed by atoms with Gasteiger partial charge in [0.25, 0.3) is 5.91 Å². The molecule has 0 bridgehead atoms. The fraction of sp³-hybridized carbons (Fsp3) is 0.593. The third-order valence-corrected chi connectivity index (χ3v) is 7.94. The molecule has 2 aliphatic rings. The van der Waals surface area contributed by atoms with Gasteiger partial charge in [-0.05, 0) is 67.3 Å². The zero-order valence-corrected chi connectivity index (χ0v) is 22.5. The van der Waals surface area contributed by atoms with Crippen molar-refractivity contribution in [3.8, 4) is 0 Å². The van der Waals surface area contributed by atoms with Crippen LogP contribution in [0.1, 0.15) is 91.5 Å². The number of rotatable bonds is 9. The van der Waals surface area contributed by atoms with Crippen molar-refractivity contribution in [1.82, 2.24) is 30.9 Å². The summed E-state index contributed by atoms with van der Waals surface area (Å²) in [6, 6.07) is 3.83. The Morgan fingerprint density at radius 1 is 1.12 bits per heavy atom. The first-order valence-corrected chi connectivity index (χ1v) is 13.6. The van der Waals surface area contributed by atoms with Crippen LogP contribution in [0.5, 0.6) is 0 Å². The molecule has 3 aromatic rings. The molecule has 5 rings (SSSR count). The summed E-state index contributed by atoms with van der Waals surface area (Å²) in [5.41, 5.74) is 1.94. The highest BCUT2D eigenvalue weighted by molar-refractivity contribution is 5.93. The zero-order chi connectivity index (χ0) is 29.5. The number of H-pyrrole nitrogens is 1. The summed E-state index contributed by atoms with van der Waals surface area (Å²) in [6.45, 7) is 2.51. The highest BCUT2D eigenvalue weighted by atomic mass is 19.4. The third-order valence-electron chi connectivity index (χ3n) is 7.94. The Kier molecular flexibility index (Phi) is 7.77. The average Bonchev–Trinajstić information content (AvgIpc) is 3.50. The van der Waals surface area contributed by atoms with E-state index in [2.05, 4.69) is 35.5 Å². The van der Waals surface area contributed by atoms with E-state index in [4.69, 9.17) is 0 Å². The molecular formula is C27H31F5N6O3. The summed E-state index contributed by atoms with van der Waals surface area (Å²) < 4.78 is 72.3. The van der Waals surface area contributed by atoms with E-state index >= 15 is 0 Å². The lowest BCUT2D eigenvalue weighted by molar-refractivity contribution is -0.174. The topological polar surface area (TPSA) is 126 Å². The monoisotopic (exact) mass is 582 g/mol. The van der Waals surface area contributed by atoms with Crippen LogP contribution in [0.15, 0.2) is 22.8 Å². The second-order valence-corrected chi connectivity index (χ2v) is 11.3. The number of alkyl halides is 5. The van der Waals surface area contributed by atoms with Gasteiger partial charge < -0.3 is 15.6 Å². The molecule has 41 heavy (non-hydrogen) atoms. The van der Waals surface area contributed by atoms with E-state index in [1.54, 1.807) is 18.2 Å². The van der Waals surface area contributed by atoms with E-state index < -0.39 is 60.7 Å². The number of hydrogen-bond acceptors (Lipinski definition) is 6. The summed E-state index contributed by atoms with van der Waals surface area (Å²) in [6.07, 6.45) is -3.40. The van der Waals surface area contributed by atoms with Crippen molar-refractivity contribution in [3.63, 3.8) is 0 Å². The van der Waals surface area contributed by atoms with Gasteiger partial charge in [0.05, 0.1) is 29.0 Å². The van der Waals surface area contributed by atoms with Gasteiger partial charge in [0.1, 0.15) is 11.5 Å². The number of fused-ring (bicyclic) bond motifs is 1. The molecule has 9 nitrogen and oxygen atoms in total. The van der Waals surface area contributed by atoms with Gasteiger partial charge >= 0.3 is 6.18 Å². The van der Waals surface area contributed by atoms with Crippen LogP contribution in [0.4, 0.5) is 22.0 Å². The first-order valence-electron chi connectivity index (χ1n) is 13.6. The van der Waals surface area contributed by atoms with E-state index in [9.17, 15) is 31.5 Å². The third kappa shape index (κ3) is 6.67. The predicted octanol–water partition coefficient (Wildman–Crippen LogP) is 5.71. The molecule has 14 heteroatoms. The number of aromatic nitrogens is 4. The number of nitrogens with zero attached hydrogens (tertiary/aromatic N) is 3. The van der Waals surface area contributed by atoms with Crippen LogP contribution in [0.2, 0.25) is 0 Å². The Labute approximate surface area is 232 Å². The number of halogens is 5. The fourth-order valence-corrected chi connectivity index (χ4v) is 5.47. The number of benzene rings is 1. The normalized spacial score (nSPS) is 21.3. The summed E-state index contributed by atoms with van der Waals surface area (Å²) in [4.78, 5) is 33.2. The van der Waals surface area contributed by atoms with Gasteiger partial charge in [-0.15, -0.1) is 0 Å². The number of imidazole rings is 1. The fourth-order valence-electron chi connectivity index (χ4n) is 5.47. The highest BCUT2D eigenvalue weighted by Crippen LogP contribution is 2.44. The second kappa shape index (κ2) is 11.0. The van der Waals surface area contributed by atoms with E-state index in [1.165, 1.54) is 6.92 Å². The minimum Gasteiger partial charge on any atom is -0.349 e. The van der Waals surface area contributed by atoms with Crippen LogP contribution in [0, 0.1) is 24.7 Å². The molecule has 2 aliphatic carbocycles. The van der Waals surface area contributed by atoms with Crippen LogP contribution in [0.3, 0.4) is 0 Å². The molecule has 0 unspecified atom stereocenters. The molecule has 0 spiro atoms. The number of hydrogen-bond donors (Lipinski definition) is 3. The van der Waals surface area contributed by atoms with Crippen molar-refractivity contribution < 1.29 is 36.2 Å². The SMILES string of the molecule is Cc1nonc1C(=O)N[C@H](c1nc2ccc([C@H](NC(=O)C[C@@H](C)C(F)(F)F)C3CC3)cc2[nH]1)[C@@H]1CCCC(F)(F)C1. The summed E-state index contributed by atoms with van der Waals surface area (Å²) in [5, 5.41) is 12.8. The molecule has 0 aliphatic heterocycles. The molecule has 2 amide bonds.